The summed E-state index contributed by atoms with van der Waals surface area (Å²) in [5.41, 5.74) is 3.83. The number of hydrogen-bond acceptors (Lipinski definition) is 7. The van der Waals surface area contributed by atoms with E-state index in [9.17, 15) is 20.0 Å². The number of carbonyl (C=O) groups is 1. The number of H-pyrrole nitrogens is 2. The first kappa shape index (κ1) is 26.7. The van der Waals surface area contributed by atoms with E-state index < -0.39 is 12.2 Å². The van der Waals surface area contributed by atoms with Gasteiger partial charge in [0.1, 0.15) is 11.4 Å². The Balaban J connectivity index is 1.51. The van der Waals surface area contributed by atoms with E-state index in [-0.39, 0.29) is 35.2 Å². The summed E-state index contributed by atoms with van der Waals surface area (Å²) in [5.74, 6) is 0.536. The largest absolute Gasteiger partial charge is 0.449 e. The fraction of sp³-hybridized carbons (Fsp3) is 0.259. The molecule has 0 aliphatic rings. The number of halogens is 1. The molecule has 4 rings (SSSR count). The molecule has 0 aliphatic carbocycles. The van der Waals surface area contributed by atoms with Gasteiger partial charge in [-0.2, -0.15) is 5.26 Å². The molecule has 2 aromatic heterocycles. The highest BCUT2D eigenvalue weighted by atomic mass is 35.5. The molecular weight excluding hydrogens is 508 g/mol. The summed E-state index contributed by atoms with van der Waals surface area (Å²) in [6.45, 7) is 6.06. The number of pyridine rings is 1. The van der Waals surface area contributed by atoms with Crippen molar-refractivity contribution in [1.29, 1.82) is 5.26 Å². The van der Waals surface area contributed by atoms with Crippen LogP contribution in [-0.4, -0.2) is 39.3 Å². The highest BCUT2D eigenvalue weighted by molar-refractivity contribution is 6.33. The molecule has 0 bridgehead atoms. The zero-order chi connectivity index (χ0) is 27.4. The van der Waals surface area contributed by atoms with Crippen molar-refractivity contribution in [1.82, 2.24) is 15.0 Å². The van der Waals surface area contributed by atoms with Gasteiger partial charge in [0.25, 0.3) is 5.56 Å². The van der Waals surface area contributed by atoms with E-state index in [1.54, 1.807) is 36.4 Å². The number of anilines is 2. The number of ether oxygens (including phenoxy) is 1. The van der Waals surface area contributed by atoms with E-state index in [1.807, 2.05) is 20.8 Å². The van der Waals surface area contributed by atoms with Crippen LogP contribution < -0.4 is 16.2 Å². The van der Waals surface area contributed by atoms with E-state index >= 15 is 0 Å². The maximum absolute atomic E-state index is 12.8. The number of hydrogen-bond donors (Lipinski definition) is 5. The fourth-order valence-corrected chi connectivity index (χ4v) is 4.12. The van der Waals surface area contributed by atoms with E-state index in [0.29, 0.717) is 39.4 Å². The second kappa shape index (κ2) is 11.4. The molecule has 0 saturated heterocycles. The van der Waals surface area contributed by atoms with E-state index in [1.165, 1.54) is 6.20 Å². The summed E-state index contributed by atoms with van der Waals surface area (Å²) >= 11 is 6.32. The Morgan fingerprint density at radius 2 is 2.03 bits per heavy atom. The summed E-state index contributed by atoms with van der Waals surface area (Å²) in [4.78, 5) is 35.1. The zero-order valence-corrected chi connectivity index (χ0v) is 21.8. The molecule has 0 radical (unpaired) electrons. The number of amides is 1. The van der Waals surface area contributed by atoms with Crippen LogP contribution in [0.5, 0.6) is 0 Å². The lowest BCUT2D eigenvalue weighted by molar-refractivity contribution is 0.147. The van der Waals surface area contributed by atoms with Crippen LogP contribution in [0.15, 0.2) is 47.4 Å². The normalized spacial score (nSPS) is 11.8. The van der Waals surface area contributed by atoms with Crippen LogP contribution in [0.2, 0.25) is 5.02 Å². The summed E-state index contributed by atoms with van der Waals surface area (Å²) in [6, 6.07) is 12.0. The van der Waals surface area contributed by atoms with E-state index in [4.69, 9.17) is 16.3 Å². The predicted molar refractivity (Wildman–Crippen MR) is 146 cm³/mol. The molecule has 0 aliphatic heterocycles. The molecule has 2 aromatic carbocycles. The Hall–Kier alpha value is -4.33. The van der Waals surface area contributed by atoms with Gasteiger partial charge in [-0.15, -0.1) is 0 Å². The first-order valence-corrected chi connectivity index (χ1v) is 12.3. The van der Waals surface area contributed by atoms with Crippen molar-refractivity contribution in [3.05, 3.63) is 74.7 Å². The minimum Gasteiger partial charge on any atom is -0.449 e. The van der Waals surface area contributed by atoms with Crippen molar-refractivity contribution in [3.8, 4) is 17.5 Å². The predicted octanol–water partition coefficient (Wildman–Crippen LogP) is 5.10. The first-order chi connectivity index (χ1) is 18.2. The number of fused-ring (bicyclic) bond motifs is 1. The second-order valence-electron chi connectivity index (χ2n) is 9.24. The van der Waals surface area contributed by atoms with Crippen LogP contribution in [-0.2, 0) is 4.74 Å². The molecule has 10 nitrogen and oxygen atoms in total. The molecule has 11 heteroatoms. The van der Waals surface area contributed by atoms with Crippen molar-refractivity contribution < 1.29 is 14.6 Å². The number of aliphatic hydroxyl groups excluding tert-OH is 1. The number of imidazole rings is 1. The fourth-order valence-electron chi connectivity index (χ4n) is 3.89. The second-order valence-corrected chi connectivity index (χ2v) is 9.64. The smallest absolute Gasteiger partial charge is 0.411 e. The average Bonchev–Trinajstić information content (AvgIpc) is 3.31. The molecule has 1 amide bonds. The lowest BCUT2D eigenvalue weighted by atomic mass is 10.1. The monoisotopic (exact) mass is 534 g/mol. The molecule has 0 fully saturated rings. The number of benzene rings is 2. The first-order valence-electron chi connectivity index (χ1n) is 11.9. The Kier molecular flexibility index (Phi) is 8.00. The highest BCUT2D eigenvalue weighted by Crippen LogP contribution is 2.29. The number of carbonyl (C=O) groups excluding carboxylic acids is 1. The van der Waals surface area contributed by atoms with Crippen molar-refractivity contribution in [3.63, 3.8) is 0 Å². The molecule has 2 heterocycles. The Morgan fingerprint density at radius 1 is 1.24 bits per heavy atom. The summed E-state index contributed by atoms with van der Waals surface area (Å²) in [7, 11) is 0. The maximum Gasteiger partial charge on any atom is 0.411 e. The topological polar surface area (TPSA) is 156 Å². The SMILES string of the molecule is Cc1cc(C#N)cc2[nH]c(-c3c(NCC(O)c4ccc(NC(=O)OCC(C)C)c(Cl)c4)cc[nH]c3=O)nc12. The lowest BCUT2D eigenvalue weighted by Crippen LogP contribution is -2.18. The third-order valence-corrected chi connectivity index (χ3v) is 6.06. The number of aliphatic hydroxyl groups is 1. The lowest BCUT2D eigenvalue weighted by Gasteiger charge is -2.16. The van der Waals surface area contributed by atoms with Crippen molar-refractivity contribution >= 4 is 40.1 Å². The van der Waals surface area contributed by atoms with Gasteiger partial charge in [-0.3, -0.25) is 10.1 Å². The molecule has 0 spiro atoms. The quantitative estimate of drug-likeness (QED) is 0.210. The third kappa shape index (κ3) is 5.96. The van der Waals surface area contributed by atoms with Crippen LogP contribution in [0.25, 0.3) is 22.4 Å². The standard InChI is InChI=1S/C27H27ClN6O4/c1-14(2)13-38-27(37)33-19-5-4-17(10-18(19)28)22(35)12-31-20-6-7-30-26(36)23(20)25-32-21-9-16(11-29)8-15(3)24(21)34-25/h4-10,14,22,35H,12-13H2,1-3H3,(H,32,34)(H,33,37)(H2,30,31,36). The molecule has 1 unspecified atom stereocenters. The number of rotatable bonds is 8. The van der Waals surface area contributed by atoms with Gasteiger partial charge >= 0.3 is 6.09 Å². The molecule has 4 aromatic rings. The van der Waals surface area contributed by atoms with Gasteiger partial charge < -0.3 is 25.1 Å². The van der Waals surface area contributed by atoms with Gasteiger partial charge in [0, 0.05) is 12.7 Å². The molecule has 5 N–H and O–H groups in total. The maximum atomic E-state index is 12.8. The van der Waals surface area contributed by atoms with Crippen molar-refractivity contribution in [2.75, 3.05) is 23.8 Å². The van der Waals surface area contributed by atoms with Crippen LogP contribution in [0.3, 0.4) is 0 Å². The number of nitriles is 1. The number of aryl methyl sites for hydroxylation is 1. The number of nitrogens with one attached hydrogen (secondary N) is 4. The Morgan fingerprint density at radius 3 is 2.74 bits per heavy atom. The molecular formula is C27H27ClN6O4. The highest BCUT2D eigenvalue weighted by Gasteiger charge is 2.18. The minimum absolute atomic E-state index is 0.0633. The molecule has 38 heavy (non-hydrogen) atoms. The van der Waals surface area contributed by atoms with Gasteiger partial charge in [0.15, 0.2) is 0 Å². The third-order valence-electron chi connectivity index (χ3n) is 5.75. The number of nitrogens with zero attached hydrogens (tertiary/aromatic N) is 2. The zero-order valence-electron chi connectivity index (χ0n) is 21.1. The Bertz CT molecular complexity index is 1590. The van der Waals surface area contributed by atoms with Crippen molar-refractivity contribution in [2.24, 2.45) is 5.92 Å². The molecule has 1 atom stereocenters. The van der Waals surface area contributed by atoms with Crippen molar-refractivity contribution in [2.45, 2.75) is 26.9 Å². The minimum atomic E-state index is -0.974. The number of aromatic amines is 2. The van der Waals surface area contributed by atoms with E-state index in [0.717, 1.165) is 5.56 Å². The number of aromatic nitrogens is 3. The van der Waals surface area contributed by atoms with Gasteiger partial charge in [0.05, 0.1) is 51.8 Å². The van der Waals surface area contributed by atoms with Gasteiger partial charge in [-0.1, -0.05) is 31.5 Å². The molecule has 196 valence electrons. The van der Waals surface area contributed by atoms with Crippen LogP contribution in [0.4, 0.5) is 16.2 Å². The molecule has 0 saturated carbocycles. The average molecular weight is 535 g/mol. The summed E-state index contributed by atoms with van der Waals surface area (Å²) in [6.07, 6.45) is -0.0856. The summed E-state index contributed by atoms with van der Waals surface area (Å²) in [5, 5.41) is 26.0. The van der Waals surface area contributed by atoms with Crippen LogP contribution in [0, 0.1) is 24.2 Å². The van der Waals surface area contributed by atoms with Gasteiger partial charge in [-0.25, -0.2) is 9.78 Å². The Labute approximate surface area is 223 Å². The van der Waals surface area contributed by atoms with Crippen LogP contribution >= 0.6 is 11.6 Å². The van der Waals surface area contributed by atoms with Crippen LogP contribution in [0.1, 0.15) is 36.6 Å². The summed E-state index contributed by atoms with van der Waals surface area (Å²) < 4.78 is 5.10. The van der Waals surface area contributed by atoms with Gasteiger partial charge in [-0.05, 0) is 54.3 Å². The van der Waals surface area contributed by atoms with E-state index in [2.05, 4.69) is 31.7 Å². The van der Waals surface area contributed by atoms with Gasteiger partial charge in [0.2, 0.25) is 0 Å².